The van der Waals surface area contributed by atoms with Crippen molar-refractivity contribution >= 4 is 0 Å². The minimum absolute atomic E-state index is 0.144. The van der Waals surface area contributed by atoms with E-state index in [0.29, 0.717) is 6.61 Å². The van der Waals surface area contributed by atoms with Gasteiger partial charge in [0.2, 0.25) is 0 Å². The van der Waals surface area contributed by atoms with Gasteiger partial charge in [0.1, 0.15) is 5.75 Å². The number of methoxy groups -OCH3 is 1. The summed E-state index contributed by atoms with van der Waals surface area (Å²) in [6.45, 7) is 6.89. The van der Waals surface area contributed by atoms with E-state index < -0.39 is 0 Å². The molecule has 3 heteroatoms. The molecule has 0 fully saturated rings. The van der Waals surface area contributed by atoms with Crippen molar-refractivity contribution in [2.75, 3.05) is 20.8 Å². The van der Waals surface area contributed by atoms with E-state index in [1.807, 2.05) is 26.1 Å². The maximum Gasteiger partial charge on any atom is 0.119 e. The zero-order valence-electron chi connectivity index (χ0n) is 12.1. The van der Waals surface area contributed by atoms with Crippen LogP contribution in [0.2, 0.25) is 0 Å². The lowest BCUT2D eigenvalue weighted by Gasteiger charge is -2.28. The summed E-state index contributed by atoms with van der Waals surface area (Å²) in [7, 11) is 3.73. The van der Waals surface area contributed by atoms with E-state index in [4.69, 9.17) is 9.47 Å². The molecule has 0 bridgehead atoms. The van der Waals surface area contributed by atoms with Gasteiger partial charge in [0.05, 0.1) is 12.2 Å². The van der Waals surface area contributed by atoms with E-state index in [0.717, 1.165) is 12.2 Å². The smallest absolute Gasteiger partial charge is 0.119 e. The highest BCUT2D eigenvalue weighted by molar-refractivity contribution is 5.30. The first kappa shape index (κ1) is 15.0. The lowest BCUT2D eigenvalue weighted by molar-refractivity contribution is 0.00742. The SMILES string of the molecule is CCOc1cccc(C(CC(C)(C)OC)NC)c1. The molecular formula is C15H25NO2. The number of ether oxygens (including phenoxy) is 2. The van der Waals surface area contributed by atoms with Crippen molar-refractivity contribution in [2.45, 2.75) is 38.8 Å². The Bertz CT molecular complexity index is 363. The number of benzene rings is 1. The van der Waals surface area contributed by atoms with Crippen molar-refractivity contribution < 1.29 is 9.47 Å². The quantitative estimate of drug-likeness (QED) is 0.807. The molecule has 0 aliphatic heterocycles. The lowest BCUT2D eigenvalue weighted by Crippen LogP contribution is -2.30. The predicted molar refractivity (Wildman–Crippen MR) is 75.1 cm³/mol. The van der Waals surface area contributed by atoms with Crippen molar-refractivity contribution in [3.05, 3.63) is 29.8 Å². The van der Waals surface area contributed by atoms with Crippen LogP contribution in [0.15, 0.2) is 24.3 Å². The fourth-order valence-corrected chi connectivity index (χ4v) is 1.95. The number of rotatable bonds is 7. The van der Waals surface area contributed by atoms with Crippen molar-refractivity contribution in [2.24, 2.45) is 0 Å². The Hall–Kier alpha value is -1.06. The van der Waals surface area contributed by atoms with Gasteiger partial charge in [-0.1, -0.05) is 12.1 Å². The molecule has 0 aliphatic rings. The molecule has 0 saturated heterocycles. The van der Waals surface area contributed by atoms with E-state index in [-0.39, 0.29) is 11.6 Å². The highest BCUT2D eigenvalue weighted by Gasteiger charge is 2.23. The van der Waals surface area contributed by atoms with E-state index in [2.05, 4.69) is 31.3 Å². The average molecular weight is 251 g/mol. The minimum atomic E-state index is -0.144. The van der Waals surface area contributed by atoms with Crippen LogP contribution in [0, 0.1) is 0 Å². The maximum absolute atomic E-state index is 5.54. The largest absolute Gasteiger partial charge is 0.494 e. The summed E-state index contributed by atoms with van der Waals surface area (Å²) < 4.78 is 11.0. The van der Waals surface area contributed by atoms with Crippen LogP contribution in [0.1, 0.15) is 38.8 Å². The molecule has 1 unspecified atom stereocenters. The molecule has 102 valence electrons. The van der Waals surface area contributed by atoms with Crippen LogP contribution in [-0.4, -0.2) is 26.4 Å². The number of hydrogen-bond acceptors (Lipinski definition) is 3. The molecule has 3 nitrogen and oxygen atoms in total. The summed E-state index contributed by atoms with van der Waals surface area (Å²) in [6.07, 6.45) is 0.912. The van der Waals surface area contributed by atoms with E-state index in [9.17, 15) is 0 Å². The molecule has 1 atom stereocenters. The fourth-order valence-electron chi connectivity index (χ4n) is 1.95. The third kappa shape index (κ3) is 4.31. The first-order valence-electron chi connectivity index (χ1n) is 6.47. The van der Waals surface area contributed by atoms with Crippen LogP contribution in [0.3, 0.4) is 0 Å². The molecule has 0 radical (unpaired) electrons. The summed E-state index contributed by atoms with van der Waals surface area (Å²) in [4.78, 5) is 0. The summed E-state index contributed by atoms with van der Waals surface area (Å²) >= 11 is 0. The Morgan fingerprint density at radius 3 is 2.61 bits per heavy atom. The first-order valence-corrected chi connectivity index (χ1v) is 6.47. The molecule has 0 saturated carbocycles. The Kier molecular flexibility index (Phi) is 5.63. The van der Waals surface area contributed by atoms with Gasteiger partial charge >= 0.3 is 0 Å². The van der Waals surface area contributed by atoms with Gasteiger partial charge in [0.25, 0.3) is 0 Å². The summed E-state index contributed by atoms with van der Waals surface area (Å²) in [6, 6.07) is 8.50. The second-order valence-electron chi connectivity index (χ2n) is 5.01. The summed E-state index contributed by atoms with van der Waals surface area (Å²) in [5.74, 6) is 0.922. The highest BCUT2D eigenvalue weighted by atomic mass is 16.5. The first-order chi connectivity index (χ1) is 8.52. The third-order valence-electron chi connectivity index (χ3n) is 3.17. The Morgan fingerprint density at radius 2 is 2.06 bits per heavy atom. The normalized spacial score (nSPS) is 13.4. The van der Waals surface area contributed by atoms with Gasteiger partial charge in [-0.15, -0.1) is 0 Å². The monoisotopic (exact) mass is 251 g/mol. The van der Waals surface area contributed by atoms with Gasteiger partial charge in [-0.05, 0) is 51.9 Å². The number of nitrogens with one attached hydrogen (secondary N) is 1. The Morgan fingerprint density at radius 1 is 1.33 bits per heavy atom. The molecular weight excluding hydrogens is 226 g/mol. The zero-order valence-corrected chi connectivity index (χ0v) is 12.1. The van der Waals surface area contributed by atoms with E-state index in [1.54, 1.807) is 7.11 Å². The zero-order chi connectivity index (χ0) is 13.6. The standard InChI is InChI=1S/C15H25NO2/c1-6-18-13-9-7-8-12(10-13)14(16-4)11-15(2,3)17-5/h7-10,14,16H,6,11H2,1-5H3. The maximum atomic E-state index is 5.54. The molecule has 1 rings (SSSR count). The number of hydrogen-bond donors (Lipinski definition) is 1. The summed E-state index contributed by atoms with van der Waals surface area (Å²) in [5, 5.41) is 3.34. The van der Waals surface area contributed by atoms with Crippen LogP contribution >= 0.6 is 0 Å². The van der Waals surface area contributed by atoms with Crippen molar-refractivity contribution in [1.82, 2.24) is 5.32 Å². The van der Waals surface area contributed by atoms with Gasteiger partial charge in [-0.2, -0.15) is 0 Å². The van der Waals surface area contributed by atoms with E-state index in [1.165, 1.54) is 5.56 Å². The molecule has 1 N–H and O–H groups in total. The average Bonchev–Trinajstić information content (AvgIpc) is 2.37. The molecule has 0 heterocycles. The Labute approximate surface area is 110 Å². The van der Waals surface area contributed by atoms with E-state index >= 15 is 0 Å². The van der Waals surface area contributed by atoms with Gasteiger partial charge in [-0.25, -0.2) is 0 Å². The molecule has 0 spiro atoms. The minimum Gasteiger partial charge on any atom is -0.494 e. The topological polar surface area (TPSA) is 30.5 Å². The van der Waals surface area contributed by atoms with Crippen molar-refractivity contribution in [3.63, 3.8) is 0 Å². The molecule has 0 aliphatic carbocycles. The Balaban J connectivity index is 2.84. The van der Waals surface area contributed by atoms with Crippen molar-refractivity contribution in [3.8, 4) is 5.75 Å². The van der Waals surface area contributed by atoms with Gasteiger partial charge in [0.15, 0.2) is 0 Å². The molecule has 18 heavy (non-hydrogen) atoms. The van der Waals surface area contributed by atoms with Crippen LogP contribution in [-0.2, 0) is 4.74 Å². The second-order valence-corrected chi connectivity index (χ2v) is 5.01. The second kappa shape index (κ2) is 6.76. The van der Waals surface area contributed by atoms with Gasteiger partial charge < -0.3 is 14.8 Å². The predicted octanol–water partition coefficient (Wildman–Crippen LogP) is 3.16. The van der Waals surface area contributed by atoms with Gasteiger partial charge in [-0.3, -0.25) is 0 Å². The summed E-state index contributed by atoms with van der Waals surface area (Å²) in [5.41, 5.74) is 1.09. The molecule has 1 aromatic rings. The molecule has 0 amide bonds. The fraction of sp³-hybridized carbons (Fsp3) is 0.600. The third-order valence-corrected chi connectivity index (χ3v) is 3.17. The highest BCUT2D eigenvalue weighted by Crippen LogP contribution is 2.27. The van der Waals surface area contributed by atoms with Crippen LogP contribution < -0.4 is 10.1 Å². The molecule has 0 aromatic heterocycles. The van der Waals surface area contributed by atoms with Crippen LogP contribution in [0.5, 0.6) is 5.75 Å². The lowest BCUT2D eigenvalue weighted by atomic mass is 9.93. The van der Waals surface area contributed by atoms with Crippen LogP contribution in [0.25, 0.3) is 0 Å². The molecule has 1 aromatic carbocycles. The van der Waals surface area contributed by atoms with Crippen LogP contribution in [0.4, 0.5) is 0 Å². The van der Waals surface area contributed by atoms with Gasteiger partial charge in [0, 0.05) is 13.2 Å². The van der Waals surface area contributed by atoms with Crippen molar-refractivity contribution in [1.29, 1.82) is 0 Å².